The van der Waals surface area contributed by atoms with Crippen LogP contribution in [0.3, 0.4) is 0 Å². The number of nitrogens with zero attached hydrogens (tertiary/aromatic N) is 1. The van der Waals surface area contributed by atoms with Crippen molar-refractivity contribution >= 4 is 19.7 Å². The monoisotopic (exact) mass is 992 g/mol. The Morgan fingerprint density at radius 1 is 0.507 bits per heavy atom. The minimum atomic E-state index is -4.45. The number of rotatable bonds is 52. The van der Waals surface area contributed by atoms with Crippen molar-refractivity contribution in [1.82, 2.24) is 5.32 Å². The molecular weight excluding hydrogens is 880 g/mol. The molecule has 3 unspecified atom stereocenters. The number of amides is 1. The van der Waals surface area contributed by atoms with Gasteiger partial charge in [-0.1, -0.05) is 217 Å². The van der Waals surface area contributed by atoms with E-state index in [0.717, 1.165) is 77.0 Å². The Kier molecular flexibility index (Phi) is 48.1. The van der Waals surface area contributed by atoms with Gasteiger partial charge in [0.2, 0.25) is 5.91 Å². The molecule has 1 amide bonds. The summed E-state index contributed by atoms with van der Waals surface area (Å²) in [5, 5.41) is 3.03. The molecule has 0 aromatic carbocycles. The number of esters is 1. The quantitative estimate of drug-likeness (QED) is 0.0156. The molecule has 10 heteroatoms. The van der Waals surface area contributed by atoms with E-state index in [0.29, 0.717) is 23.9 Å². The fourth-order valence-corrected chi connectivity index (χ4v) is 8.95. The minimum absolute atomic E-state index is 0.0345. The predicted molar refractivity (Wildman–Crippen MR) is 295 cm³/mol. The number of hydrogen-bond donors (Lipinski definition) is 2. The summed E-state index contributed by atoms with van der Waals surface area (Å²) in [4.78, 5) is 37.6. The van der Waals surface area contributed by atoms with Gasteiger partial charge in [0.05, 0.1) is 33.8 Å². The second-order valence-electron chi connectivity index (χ2n) is 20.8. The van der Waals surface area contributed by atoms with Crippen molar-refractivity contribution < 1.29 is 37.3 Å². The third-order valence-electron chi connectivity index (χ3n) is 12.8. The van der Waals surface area contributed by atoms with Crippen LogP contribution in [0.2, 0.25) is 0 Å². The number of carbonyl (C=O) groups is 2. The van der Waals surface area contributed by atoms with Crippen molar-refractivity contribution in [2.24, 2.45) is 0 Å². The highest BCUT2D eigenvalue weighted by Crippen LogP contribution is 2.43. The van der Waals surface area contributed by atoms with Gasteiger partial charge in [0.15, 0.2) is 0 Å². The Morgan fingerprint density at radius 2 is 0.884 bits per heavy atom. The number of carbonyl (C=O) groups excluding carboxylic acids is 2. The van der Waals surface area contributed by atoms with E-state index in [9.17, 15) is 19.0 Å². The molecule has 3 atom stereocenters. The number of ether oxygens (including phenoxy) is 1. The van der Waals surface area contributed by atoms with Crippen LogP contribution in [0, 0.1) is 0 Å². The van der Waals surface area contributed by atoms with Gasteiger partial charge in [-0.15, -0.1) is 0 Å². The number of unbranched alkanes of at least 4 members (excludes halogenated alkanes) is 31. The number of likely N-dealkylation sites (N-methyl/N-ethyl adjacent to an activating group) is 1. The Balaban J connectivity index is 5.40. The lowest BCUT2D eigenvalue weighted by Gasteiger charge is -2.27. The van der Waals surface area contributed by atoms with Crippen molar-refractivity contribution in [3.05, 3.63) is 48.6 Å². The number of nitrogens with one attached hydrogen (secondary N) is 1. The smallest absolute Gasteiger partial charge is 0.456 e. The maximum absolute atomic E-state index is 13.5. The number of allylic oxidation sites excluding steroid dienone is 7. The fraction of sp³-hybridized carbons (Fsp3) is 0.831. The van der Waals surface area contributed by atoms with E-state index in [4.69, 9.17) is 13.8 Å². The van der Waals surface area contributed by atoms with Gasteiger partial charge in [-0.2, -0.15) is 0 Å². The van der Waals surface area contributed by atoms with Gasteiger partial charge in [0.1, 0.15) is 19.3 Å². The zero-order chi connectivity index (χ0) is 50.8. The van der Waals surface area contributed by atoms with Crippen LogP contribution in [-0.4, -0.2) is 74.3 Å². The van der Waals surface area contributed by atoms with E-state index in [-0.39, 0.29) is 31.5 Å². The first-order valence-corrected chi connectivity index (χ1v) is 30.5. The molecule has 0 aliphatic rings. The lowest BCUT2D eigenvalue weighted by molar-refractivity contribution is -0.870. The highest BCUT2D eigenvalue weighted by atomic mass is 31.2. The van der Waals surface area contributed by atoms with Crippen LogP contribution >= 0.6 is 7.82 Å². The normalized spacial score (nSPS) is 14.1. The lowest BCUT2D eigenvalue weighted by Crippen LogP contribution is -2.47. The largest absolute Gasteiger partial charge is 0.472 e. The van der Waals surface area contributed by atoms with Crippen molar-refractivity contribution in [2.45, 2.75) is 277 Å². The zero-order valence-electron chi connectivity index (χ0n) is 46.1. The average molecular weight is 993 g/mol. The molecule has 69 heavy (non-hydrogen) atoms. The molecule has 2 N–H and O–H groups in total. The molecule has 0 aliphatic carbocycles. The number of quaternary nitrogens is 1. The molecule has 0 saturated carbocycles. The summed E-state index contributed by atoms with van der Waals surface area (Å²) in [7, 11) is 1.48. The molecule has 0 aromatic rings. The van der Waals surface area contributed by atoms with Gasteiger partial charge in [-0.05, 0) is 83.1 Å². The molecule has 0 bridgehead atoms. The average Bonchev–Trinajstić information content (AvgIpc) is 3.31. The van der Waals surface area contributed by atoms with Crippen LogP contribution in [0.15, 0.2) is 48.6 Å². The van der Waals surface area contributed by atoms with Crippen LogP contribution < -0.4 is 5.32 Å². The summed E-state index contributed by atoms with van der Waals surface area (Å²) in [5.41, 5.74) is 0. The summed E-state index contributed by atoms with van der Waals surface area (Å²) >= 11 is 0. The van der Waals surface area contributed by atoms with Gasteiger partial charge in [0.25, 0.3) is 0 Å². The number of phosphoric acid groups is 1. The molecule has 0 saturated heterocycles. The van der Waals surface area contributed by atoms with Gasteiger partial charge in [-0.3, -0.25) is 18.6 Å². The summed E-state index contributed by atoms with van der Waals surface area (Å²) in [6, 6.07) is -0.862. The second-order valence-corrected chi connectivity index (χ2v) is 22.3. The first-order valence-electron chi connectivity index (χ1n) is 29.0. The Morgan fingerprint density at radius 3 is 1.35 bits per heavy atom. The minimum Gasteiger partial charge on any atom is -0.456 e. The highest BCUT2D eigenvalue weighted by molar-refractivity contribution is 7.47. The SMILES string of the molecule is CCCCCC/C=C\CCCCCCCCCC(=O)OC(/C=C/CCCCCCCCCCCC)C(COP(=O)(O)OCC[N+](C)(C)C)NC(=O)CCCCC/C=C/C=C/CCCCCCCCC. The molecule has 0 aliphatic heterocycles. The third-order valence-corrected chi connectivity index (χ3v) is 13.8. The third kappa shape index (κ3) is 50.7. The topological polar surface area (TPSA) is 111 Å². The van der Waals surface area contributed by atoms with Crippen LogP contribution in [0.1, 0.15) is 265 Å². The van der Waals surface area contributed by atoms with Crippen LogP contribution in [0.4, 0.5) is 0 Å². The maximum Gasteiger partial charge on any atom is 0.472 e. The van der Waals surface area contributed by atoms with E-state index in [1.165, 1.54) is 148 Å². The van der Waals surface area contributed by atoms with Crippen molar-refractivity contribution in [3.63, 3.8) is 0 Å². The highest BCUT2D eigenvalue weighted by Gasteiger charge is 2.30. The van der Waals surface area contributed by atoms with Crippen LogP contribution in [0.25, 0.3) is 0 Å². The molecule has 0 aromatic heterocycles. The molecular formula is C59H112N2O7P+. The summed E-state index contributed by atoms with van der Waals surface area (Å²) < 4.78 is 30.6. The van der Waals surface area contributed by atoms with Crippen molar-refractivity contribution in [1.29, 1.82) is 0 Å². The van der Waals surface area contributed by atoms with Crippen molar-refractivity contribution in [3.8, 4) is 0 Å². The van der Waals surface area contributed by atoms with E-state index in [2.05, 4.69) is 62.5 Å². The fourth-order valence-electron chi connectivity index (χ4n) is 8.22. The van der Waals surface area contributed by atoms with Gasteiger partial charge < -0.3 is 19.4 Å². The lowest BCUT2D eigenvalue weighted by atomic mass is 10.0. The van der Waals surface area contributed by atoms with Gasteiger partial charge in [0, 0.05) is 12.8 Å². The van der Waals surface area contributed by atoms with E-state index in [1.54, 1.807) is 0 Å². The predicted octanol–water partition coefficient (Wildman–Crippen LogP) is 17.3. The molecule has 0 spiro atoms. The van der Waals surface area contributed by atoms with Gasteiger partial charge >= 0.3 is 13.8 Å². The maximum atomic E-state index is 13.5. The summed E-state index contributed by atoms with van der Waals surface area (Å²) in [5.74, 6) is -0.537. The molecule has 9 nitrogen and oxygen atoms in total. The molecule has 0 rings (SSSR count). The first kappa shape index (κ1) is 67.0. The zero-order valence-corrected chi connectivity index (χ0v) is 47.0. The van der Waals surface area contributed by atoms with Crippen LogP contribution in [0.5, 0.6) is 0 Å². The van der Waals surface area contributed by atoms with Crippen molar-refractivity contribution in [2.75, 3.05) is 40.9 Å². The van der Waals surface area contributed by atoms with E-state index < -0.39 is 20.0 Å². The number of hydrogen-bond acceptors (Lipinski definition) is 6. The van der Waals surface area contributed by atoms with Gasteiger partial charge in [-0.25, -0.2) is 4.57 Å². The molecule has 0 radical (unpaired) electrons. The Labute approximate surface area is 427 Å². The Bertz CT molecular complexity index is 1330. The number of phosphoric ester groups is 1. The second kappa shape index (κ2) is 49.5. The summed E-state index contributed by atoms with van der Waals surface area (Å²) in [6.07, 6.45) is 59.6. The Hall–Kier alpha value is -2.03. The first-order chi connectivity index (χ1) is 33.4. The standard InChI is InChI=1S/C59H111N2O7P/c1-7-10-13-16-19-22-25-28-30-32-33-36-39-42-45-48-51-58(62)60-56(55-67-69(64,65)66-54-53-61(4,5)6)57(50-47-44-41-38-35-27-24-21-18-15-12-9-3)68-59(63)52-49-46-43-40-37-34-31-29-26-23-20-17-14-11-8-2/h23,26,30,32-33,36,47,50,56-57H,7-22,24-25,27-29,31,34-35,37-46,48-49,51-55H2,1-6H3,(H-,60,62,64,65)/p+1/b26-23-,32-30+,36-33+,50-47+. The van der Waals surface area contributed by atoms with E-state index in [1.807, 2.05) is 33.3 Å². The van der Waals surface area contributed by atoms with Crippen LogP contribution in [-0.2, 0) is 27.9 Å². The molecule has 0 fully saturated rings. The van der Waals surface area contributed by atoms with E-state index >= 15 is 0 Å². The molecule has 0 heterocycles. The molecule has 404 valence electrons. The summed E-state index contributed by atoms with van der Waals surface area (Å²) in [6.45, 7) is 6.97.